The van der Waals surface area contributed by atoms with Gasteiger partial charge in [0.2, 0.25) is 0 Å². The van der Waals surface area contributed by atoms with Crippen LogP contribution in [-0.4, -0.2) is 45.3 Å². The van der Waals surface area contributed by atoms with Gasteiger partial charge in [0.15, 0.2) is 0 Å². The average molecular weight is 462 g/mol. The summed E-state index contributed by atoms with van der Waals surface area (Å²) in [7, 11) is 0. The largest absolute Gasteiger partial charge is 0.445 e. The number of carbonyl (C=O) groups excluding carboxylic acids is 1. The van der Waals surface area contributed by atoms with Crippen molar-refractivity contribution in [2.24, 2.45) is 0 Å². The summed E-state index contributed by atoms with van der Waals surface area (Å²) in [6.07, 6.45) is 4.45. The quantitative estimate of drug-likeness (QED) is 0.415. The van der Waals surface area contributed by atoms with Crippen molar-refractivity contribution in [2.75, 3.05) is 24.5 Å². The number of hydrogen-bond donors (Lipinski definition) is 0. The molecule has 3 heterocycles. The highest BCUT2D eigenvalue weighted by atomic mass is 16.6. The first-order valence-corrected chi connectivity index (χ1v) is 11.6. The molecule has 9 nitrogen and oxygen atoms in total. The van der Waals surface area contributed by atoms with Crippen molar-refractivity contribution in [1.82, 2.24) is 14.7 Å². The van der Waals surface area contributed by atoms with Gasteiger partial charge in [-0.2, -0.15) is 5.10 Å². The summed E-state index contributed by atoms with van der Waals surface area (Å²) in [5.41, 5.74) is 4.35. The molecule has 0 radical (unpaired) electrons. The summed E-state index contributed by atoms with van der Waals surface area (Å²) in [6.45, 7) is 3.12. The van der Waals surface area contributed by atoms with Crippen LogP contribution in [0.15, 0.2) is 60.8 Å². The predicted molar refractivity (Wildman–Crippen MR) is 127 cm³/mol. The molecule has 0 saturated carbocycles. The molecule has 34 heavy (non-hydrogen) atoms. The number of non-ortho nitro benzene ring substituents is 1. The summed E-state index contributed by atoms with van der Waals surface area (Å²) in [4.78, 5) is 26.9. The van der Waals surface area contributed by atoms with Crippen LogP contribution in [0.3, 0.4) is 0 Å². The summed E-state index contributed by atoms with van der Waals surface area (Å²) >= 11 is 0. The molecule has 0 unspecified atom stereocenters. The number of nitro groups is 1. The third-order valence-electron chi connectivity index (χ3n) is 6.61. The first-order chi connectivity index (χ1) is 16.6. The van der Waals surface area contributed by atoms with Crippen LogP contribution in [0.2, 0.25) is 0 Å². The maximum Gasteiger partial charge on any atom is 0.410 e. The number of piperidine rings is 1. The van der Waals surface area contributed by atoms with Crippen molar-refractivity contribution in [3.05, 3.63) is 87.7 Å². The zero-order valence-corrected chi connectivity index (χ0v) is 18.9. The third kappa shape index (κ3) is 4.73. The zero-order valence-electron chi connectivity index (χ0n) is 18.9. The lowest BCUT2D eigenvalue weighted by atomic mass is 10.1. The van der Waals surface area contributed by atoms with Gasteiger partial charge >= 0.3 is 6.09 Å². The van der Waals surface area contributed by atoms with E-state index in [1.54, 1.807) is 29.2 Å². The van der Waals surface area contributed by atoms with Crippen molar-refractivity contribution in [1.29, 1.82) is 0 Å². The van der Waals surface area contributed by atoms with Crippen LogP contribution in [0.1, 0.15) is 35.7 Å². The highest BCUT2D eigenvalue weighted by Gasteiger charge is 2.27. The summed E-state index contributed by atoms with van der Waals surface area (Å²) in [5.74, 6) is 0. The molecule has 0 N–H and O–H groups in total. The molecule has 1 fully saturated rings. The molecule has 176 valence electrons. The molecule has 1 saturated heterocycles. The zero-order chi connectivity index (χ0) is 23.5. The predicted octanol–water partition coefficient (Wildman–Crippen LogP) is 4.33. The van der Waals surface area contributed by atoms with E-state index in [1.807, 2.05) is 30.3 Å². The van der Waals surface area contributed by atoms with E-state index < -0.39 is 0 Å². The number of anilines is 1. The second-order valence-corrected chi connectivity index (χ2v) is 8.78. The van der Waals surface area contributed by atoms with Gasteiger partial charge in [-0.05, 0) is 42.5 Å². The van der Waals surface area contributed by atoms with Crippen molar-refractivity contribution in [2.45, 2.75) is 38.5 Å². The smallest absolute Gasteiger partial charge is 0.410 e. The lowest BCUT2D eigenvalue weighted by Gasteiger charge is -2.31. The molecular weight excluding hydrogens is 434 g/mol. The van der Waals surface area contributed by atoms with E-state index in [2.05, 4.69) is 15.8 Å². The number of nitrogens with zero attached hydrogens (tertiary/aromatic N) is 5. The van der Waals surface area contributed by atoms with Crippen molar-refractivity contribution in [3.8, 4) is 0 Å². The average Bonchev–Trinajstić information content (AvgIpc) is 3.31. The number of carbonyl (C=O) groups is 1. The Bertz CT molecular complexity index is 1150. The second kappa shape index (κ2) is 9.54. The van der Waals surface area contributed by atoms with Crippen LogP contribution in [-0.2, 0) is 24.3 Å². The fourth-order valence-corrected chi connectivity index (χ4v) is 4.64. The van der Waals surface area contributed by atoms with E-state index in [0.717, 1.165) is 42.8 Å². The number of ether oxygens (including phenoxy) is 1. The highest BCUT2D eigenvalue weighted by molar-refractivity contribution is 5.67. The molecule has 9 heteroatoms. The topological polar surface area (TPSA) is 93.7 Å². The SMILES string of the molecule is O=C(OCc1ccccc1)N1CCC(n2cc3c(n2)CN(c2ccc([N+](=O)[O-])cc2)CC3)CC1. The van der Waals surface area contributed by atoms with Crippen LogP contribution in [0.4, 0.5) is 16.2 Å². The molecule has 5 rings (SSSR count). The Morgan fingerprint density at radius 2 is 1.79 bits per heavy atom. The Morgan fingerprint density at radius 1 is 1.06 bits per heavy atom. The Kier molecular flexibility index (Phi) is 6.16. The number of nitro benzene ring substituents is 1. The van der Waals surface area contributed by atoms with E-state index >= 15 is 0 Å². The van der Waals surface area contributed by atoms with Gasteiger partial charge in [0, 0.05) is 43.7 Å². The van der Waals surface area contributed by atoms with Crippen LogP contribution >= 0.6 is 0 Å². The number of aromatic nitrogens is 2. The van der Waals surface area contributed by atoms with Crippen molar-refractivity contribution in [3.63, 3.8) is 0 Å². The summed E-state index contributed by atoms with van der Waals surface area (Å²) < 4.78 is 7.54. The Hall–Kier alpha value is -3.88. The first-order valence-electron chi connectivity index (χ1n) is 11.6. The van der Waals surface area contributed by atoms with E-state index in [0.29, 0.717) is 19.6 Å². The van der Waals surface area contributed by atoms with Gasteiger partial charge in [-0.25, -0.2) is 4.79 Å². The number of fused-ring (bicyclic) bond motifs is 1. The van der Waals surface area contributed by atoms with E-state index in [1.165, 1.54) is 5.56 Å². The van der Waals surface area contributed by atoms with Crippen molar-refractivity contribution < 1.29 is 14.5 Å². The molecule has 0 bridgehead atoms. The molecule has 1 aromatic heterocycles. The van der Waals surface area contributed by atoms with Gasteiger partial charge in [-0.3, -0.25) is 14.8 Å². The Balaban J connectivity index is 1.15. The van der Waals surface area contributed by atoms with Gasteiger partial charge in [-0.1, -0.05) is 30.3 Å². The Labute approximate surface area is 197 Å². The maximum absolute atomic E-state index is 12.4. The molecule has 2 aliphatic rings. The van der Waals surface area contributed by atoms with Crippen LogP contribution in [0, 0.1) is 10.1 Å². The standard InChI is InChI=1S/C25H27N5O4/c31-25(34-18-19-4-2-1-3-5-19)27-14-11-22(12-15-27)29-16-20-10-13-28(17-24(20)26-29)21-6-8-23(9-7-21)30(32)33/h1-9,16,22H,10-15,17-18H2. The van der Waals surface area contributed by atoms with Gasteiger partial charge < -0.3 is 14.5 Å². The van der Waals surface area contributed by atoms with E-state index in [4.69, 9.17) is 9.84 Å². The molecular formula is C25H27N5O4. The van der Waals surface area contributed by atoms with Crippen LogP contribution in [0.5, 0.6) is 0 Å². The number of hydrogen-bond acceptors (Lipinski definition) is 6. The minimum atomic E-state index is -0.381. The summed E-state index contributed by atoms with van der Waals surface area (Å²) in [6, 6.07) is 16.6. The molecule has 0 spiro atoms. The molecule has 2 aromatic carbocycles. The fourth-order valence-electron chi connectivity index (χ4n) is 4.64. The van der Waals surface area contributed by atoms with E-state index in [-0.39, 0.29) is 29.4 Å². The highest BCUT2D eigenvalue weighted by Crippen LogP contribution is 2.28. The van der Waals surface area contributed by atoms with E-state index in [9.17, 15) is 14.9 Å². The third-order valence-corrected chi connectivity index (χ3v) is 6.61. The van der Waals surface area contributed by atoms with Crippen molar-refractivity contribution >= 4 is 17.5 Å². The lowest BCUT2D eigenvalue weighted by Crippen LogP contribution is -2.39. The van der Waals surface area contributed by atoms with Crippen LogP contribution < -0.4 is 4.90 Å². The number of amides is 1. The first kappa shape index (κ1) is 21.9. The van der Waals surface area contributed by atoms with Gasteiger partial charge in [0.05, 0.1) is 23.2 Å². The molecule has 0 aliphatic carbocycles. The number of rotatable bonds is 5. The fraction of sp³-hybridized carbons (Fsp3) is 0.360. The van der Waals surface area contributed by atoms with Gasteiger partial charge in [-0.15, -0.1) is 0 Å². The minimum Gasteiger partial charge on any atom is -0.445 e. The van der Waals surface area contributed by atoms with Gasteiger partial charge in [0.1, 0.15) is 6.61 Å². The molecule has 3 aromatic rings. The van der Waals surface area contributed by atoms with Gasteiger partial charge in [0.25, 0.3) is 5.69 Å². The van der Waals surface area contributed by atoms with Crippen LogP contribution in [0.25, 0.3) is 0 Å². The maximum atomic E-state index is 12.4. The molecule has 1 amide bonds. The Morgan fingerprint density at radius 3 is 2.50 bits per heavy atom. The minimum absolute atomic E-state index is 0.0982. The second-order valence-electron chi connectivity index (χ2n) is 8.78. The number of likely N-dealkylation sites (tertiary alicyclic amines) is 1. The summed E-state index contributed by atoms with van der Waals surface area (Å²) in [5, 5.41) is 15.8. The normalized spacial score (nSPS) is 16.2. The number of benzene rings is 2. The molecule has 2 aliphatic heterocycles. The lowest BCUT2D eigenvalue weighted by molar-refractivity contribution is -0.384. The monoisotopic (exact) mass is 461 g/mol. The molecule has 0 atom stereocenters.